The number of ether oxygens (including phenoxy) is 1. The third kappa shape index (κ3) is 3.87. The number of nitrogens with zero attached hydrogens (tertiary/aromatic N) is 2. The van der Waals surface area contributed by atoms with Crippen molar-refractivity contribution < 1.29 is 9.72 Å². The van der Waals surface area contributed by atoms with Gasteiger partial charge in [-0.2, -0.15) is 5.26 Å². The van der Waals surface area contributed by atoms with Crippen LogP contribution in [0.25, 0.3) is 0 Å². The maximum Gasteiger partial charge on any atom is 0.278 e. The highest BCUT2D eigenvalue weighted by molar-refractivity contribution is 7.99. The molecule has 0 radical (unpaired) electrons. The van der Waals surface area contributed by atoms with Crippen LogP contribution in [0.3, 0.4) is 0 Å². The lowest BCUT2D eigenvalue weighted by atomic mass is 9.89. The van der Waals surface area contributed by atoms with Gasteiger partial charge in [0.25, 0.3) is 5.82 Å². The number of nitriles is 1. The van der Waals surface area contributed by atoms with Crippen molar-refractivity contribution in [2.24, 2.45) is 0 Å². The predicted octanol–water partition coefficient (Wildman–Crippen LogP) is 3.37. The third-order valence-electron chi connectivity index (χ3n) is 4.95. The summed E-state index contributed by atoms with van der Waals surface area (Å²) >= 11 is 1.83. The second kappa shape index (κ2) is 8.73. The highest BCUT2D eigenvalue weighted by atomic mass is 32.2. The van der Waals surface area contributed by atoms with E-state index in [1.54, 1.807) is 0 Å². The van der Waals surface area contributed by atoms with Crippen LogP contribution >= 0.6 is 11.8 Å². The van der Waals surface area contributed by atoms with Crippen molar-refractivity contribution in [1.29, 1.82) is 5.26 Å². The first-order valence-electron chi connectivity index (χ1n) is 9.31. The van der Waals surface area contributed by atoms with Gasteiger partial charge >= 0.3 is 0 Å². The number of rotatable bonds is 6. The number of H-pyrrole nitrogens is 1. The minimum Gasteiger partial charge on any atom is -0.373 e. The van der Waals surface area contributed by atoms with Gasteiger partial charge in [-0.3, -0.25) is 4.90 Å². The van der Waals surface area contributed by atoms with Crippen LogP contribution < -0.4 is 9.88 Å². The van der Waals surface area contributed by atoms with E-state index in [1.165, 1.54) is 49.0 Å². The van der Waals surface area contributed by atoms with Gasteiger partial charge in [-0.05, 0) is 37.7 Å². The average Bonchev–Trinajstić information content (AvgIpc) is 2.65. The Morgan fingerprint density at radius 1 is 1.17 bits per heavy atom. The van der Waals surface area contributed by atoms with Crippen LogP contribution in [0.2, 0.25) is 0 Å². The van der Waals surface area contributed by atoms with Gasteiger partial charge in [-0.15, -0.1) is 0 Å². The largest absolute Gasteiger partial charge is 0.373 e. The van der Waals surface area contributed by atoms with Crippen LogP contribution in [0, 0.1) is 11.3 Å². The van der Waals surface area contributed by atoms with Gasteiger partial charge in [-0.25, -0.2) is 4.98 Å². The molecule has 0 spiro atoms. The highest BCUT2D eigenvalue weighted by Gasteiger charge is 2.30. The summed E-state index contributed by atoms with van der Waals surface area (Å²) in [5, 5.41) is 10.8. The Balaban J connectivity index is 1.93. The van der Waals surface area contributed by atoms with Gasteiger partial charge in [0.15, 0.2) is 5.03 Å². The van der Waals surface area contributed by atoms with E-state index in [-0.39, 0.29) is 0 Å². The zero-order valence-electron chi connectivity index (χ0n) is 14.7. The summed E-state index contributed by atoms with van der Waals surface area (Å²) < 4.78 is 5.52. The first kappa shape index (κ1) is 17.6. The quantitative estimate of drug-likeness (QED) is 0.585. The van der Waals surface area contributed by atoms with Crippen molar-refractivity contribution in [3.8, 4) is 6.07 Å². The zero-order valence-corrected chi connectivity index (χ0v) is 15.5. The molecule has 0 aromatic carbocycles. The second-order valence-corrected chi connectivity index (χ2v) is 7.71. The smallest absolute Gasteiger partial charge is 0.278 e. The maximum absolute atomic E-state index is 9.76. The molecule has 5 heteroatoms. The topological polar surface area (TPSA) is 50.4 Å². The zero-order chi connectivity index (χ0) is 16.8. The van der Waals surface area contributed by atoms with E-state index in [9.17, 15) is 5.26 Å². The molecule has 2 heterocycles. The molecule has 1 N–H and O–H groups in total. The molecule has 0 bridgehead atoms. The maximum atomic E-state index is 9.76. The number of anilines is 1. The lowest BCUT2D eigenvalue weighted by molar-refractivity contribution is -0.414. The number of hydrogen-bond donors (Lipinski definition) is 0. The van der Waals surface area contributed by atoms with Gasteiger partial charge < -0.3 is 4.74 Å². The third-order valence-corrected chi connectivity index (χ3v) is 6.04. The number of unbranched alkanes of at least 4 members (excludes halogenated alkanes) is 2. The number of nitrogens with one attached hydrogen (secondary N) is 1. The predicted molar refractivity (Wildman–Crippen MR) is 97.6 cm³/mol. The molecular weight excluding hydrogens is 318 g/mol. The number of fused-ring (bicyclic) bond motifs is 1. The second-order valence-electron chi connectivity index (χ2n) is 6.61. The van der Waals surface area contributed by atoms with Gasteiger partial charge in [0, 0.05) is 11.3 Å². The van der Waals surface area contributed by atoms with Gasteiger partial charge in [0.1, 0.15) is 24.7 Å². The molecule has 3 rings (SSSR count). The van der Waals surface area contributed by atoms with E-state index < -0.39 is 0 Å². The van der Waals surface area contributed by atoms with Crippen LogP contribution in [0.15, 0.2) is 5.03 Å². The van der Waals surface area contributed by atoms with Gasteiger partial charge in [0.05, 0.1) is 13.2 Å². The van der Waals surface area contributed by atoms with E-state index in [0.29, 0.717) is 0 Å². The minimum absolute atomic E-state index is 0.793. The fraction of sp³-hybridized carbons (Fsp3) is 0.684. The molecule has 1 aromatic rings. The summed E-state index contributed by atoms with van der Waals surface area (Å²) in [6.45, 7) is 5.69. The fourth-order valence-corrected chi connectivity index (χ4v) is 4.67. The fourth-order valence-electron chi connectivity index (χ4n) is 3.63. The van der Waals surface area contributed by atoms with E-state index in [1.807, 2.05) is 11.8 Å². The lowest BCUT2D eigenvalue weighted by Crippen LogP contribution is -2.41. The summed E-state index contributed by atoms with van der Waals surface area (Å²) in [6.07, 6.45) is 8.28. The Kier molecular flexibility index (Phi) is 6.39. The monoisotopic (exact) mass is 346 g/mol. The summed E-state index contributed by atoms with van der Waals surface area (Å²) in [4.78, 5) is 6.07. The molecule has 24 heavy (non-hydrogen) atoms. The Morgan fingerprint density at radius 2 is 1.92 bits per heavy atom. The first-order chi connectivity index (χ1) is 11.8. The SMILES string of the molecule is CCCCCSc1[nH+]c(N2CCOCC2)c2c(c1C#N)CCCC2. The molecule has 4 nitrogen and oxygen atoms in total. The lowest BCUT2D eigenvalue weighted by Gasteiger charge is -2.26. The van der Waals surface area contributed by atoms with Gasteiger partial charge in [-0.1, -0.05) is 31.5 Å². The molecule has 130 valence electrons. The van der Waals surface area contributed by atoms with Crippen molar-refractivity contribution in [3.63, 3.8) is 0 Å². The van der Waals surface area contributed by atoms with Crippen molar-refractivity contribution in [3.05, 3.63) is 16.7 Å². The van der Waals surface area contributed by atoms with Crippen LogP contribution in [0.1, 0.15) is 55.7 Å². The highest BCUT2D eigenvalue weighted by Crippen LogP contribution is 2.34. The van der Waals surface area contributed by atoms with Crippen molar-refractivity contribution >= 4 is 17.6 Å². The first-order valence-corrected chi connectivity index (χ1v) is 10.3. The van der Waals surface area contributed by atoms with Crippen molar-refractivity contribution in [1.82, 2.24) is 0 Å². The normalized spacial score (nSPS) is 17.4. The minimum atomic E-state index is 0.793. The van der Waals surface area contributed by atoms with E-state index in [2.05, 4.69) is 22.9 Å². The molecular formula is C19H28N3OS+. The standard InChI is InChI=1S/C19H27N3OS/c1-2-3-6-13-24-19-17(14-20)15-7-4-5-8-16(15)18(21-19)22-9-11-23-12-10-22/h2-13H2,1H3/p+1. The van der Waals surface area contributed by atoms with Crippen LogP contribution in [0.4, 0.5) is 5.82 Å². The molecule has 0 unspecified atom stereocenters. The number of aromatic amines is 1. The molecule has 1 aromatic heterocycles. The average molecular weight is 347 g/mol. The van der Waals surface area contributed by atoms with Crippen LogP contribution in [-0.4, -0.2) is 32.1 Å². The molecule has 1 saturated heterocycles. The summed E-state index contributed by atoms with van der Waals surface area (Å²) in [5.74, 6) is 2.34. The number of morpholine rings is 1. The molecule has 2 aliphatic rings. The Hall–Kier alpha value is -1.25. The number of thioether (sulfide) groups is 1. The molecule has 0 atom stereocenters. The number of aromatic nitrogens is 1. The summed E-state index contributed by atoms with van der Waals surface area (Å²) in [7, 11) is 0. The number of pyridine rings is 1. The Bertz CT molecular complexity index is 606. The molecule has 0 amide bonds. The summed E-state index contributed by atoms with van der Waals surface area (Å²) in [6, 6.07) is 2.50. The molecule has 1 fully saturated rings. The molecule has 1 aliphatic carbocycles. The van der Waals surface area contributed by atoms with Crippen LogP contribution in [0.5, 0.6) is 0 Å². The van der Waals surface area contributed by atoms with Crippen LogP contribution in [-0.2, 0) is 17.6 Å². The molecule has 0 saturated carbocycles. The number of hydrogen-bond acceptors (Lipinski definition) is 4. The van der Waals surface area contributed by atoms with Crippen molar-refractivity contribution in [2.45, 2.75) is 56.9 Å². The van der Waals surface area contributed by atoms with E-state index >= 15 is 0 Å². The Morgan fingerprint density at radius 3 is 2.62 bits per heavy atom. The Labute approximate surface area is 149 Å². The van der Waals surface area contributed by atoms with E-state index in [4.69, 9.17) is 4.74 Å². The van der Waals surface area contributed by atoms with Gasteiger partial charge in [0.2, 0.25) is 0 Å². The van der Waals surface area contributed by atoms with E-state index in [0.717, 1.165) is 55.5 Å². The molecule has 1 aliphatic heterocycles. The van der Waals surface area contributed by atoms with Crippen molar-refractivity contribution in [2.75, 3.05) is 37.0 Å². The summed E-state index contributed by atoms with van der Waals surface area (Å²) in [5.41, 5.74) is 3.60.